The van der Waals surface area contributed by atoms with Gasteiger partial charge in [0.25, 0.3) is 0 Å². The molecule has 0 saturated carbocycles. The van der Waals surface area contributed by atoms with Gasteiger partial charge in [-0.3, -0.25) is 0 Å². The first-order valence-electron chi connectivity index (χ1n) is 3.23. The zero-order valence-corrected chi connectivity index (χ0v) is 14.4. The van der Waals surface area contributed by atoms with Crippen LogP contribution in [0.3, 0.4) is 0 Å². The summed E-state index contributed by atoms with van der Waals surface area (Å²) in [5.41, 5.74) is 1.06. The second kappa shape index (κ2) is 9.50. The van der Waals surface area contributed by atoms with Gasteiger partial charge in [-0.05, 0) is 19.1 Å². The Hall–Kier alpha value is 2.28. The number of benzene rings is 1. The molecule has 1 aromatic carbocycles. The Bertz CT molecular complexity index is 228. The van der Waals surface area contributed by atoms with E-state index in [2.05, 4.69) is 4.65 Å². The average Bonchev–Trinajstić information content (AvgIpc) is 1.93. The molecule has 1 aromatic rings. The molecule has 0 radical (unpaired) electrons. The summed E-state index contributed by atoms with van der Waals surface area (Å²) in [7, 11) is -2.24. The molecule has 0 aliphatic heterocycles. The van der Waals surface area contributed by atoms with Gasteiger partial charge in [0.05, 0.1) is 5.75 Å². The molecule has 1 rings (SSSR count). The van der Waals surface area contributed by atoms with Gasteiger partial charge in [0.1, 0.15) is 7.32 Å². The Labute approximate surface area is 163 Å². The predicted molar refractivity (Wildman–Crippen MR) is 37.6 cm³/mol. The van der Waals surface area contributed by atoms with Gasteiger partial charge in [0.2, 0.25) is 0 Å². The average molecular weight is 228 g/mol. The van der Waals surface area contributed by atoms with E-state index in [-0.39, 0.29) is 103 Å². The first-order chi connectivity index (χ1) is 5.18. The molecule has 6 heteroatoms. The molecule has 0 aliphatic rings. The van der Waals surface area contributed by atoms with E-state index in [1.807, 2.05) is 6.92 Å². The van der Waals surface area contributed by atoms with Gasteiger partial charge in [0, 0.05) is 0 Å². The molecule has 0 unspecified atom stereocenters. The molecule has 0 bridgehead atoms. The third-order valence-electron chi connectivity index (χ3n) is 1.25. The summed E-state index contributed by atoms with van der Waals surface area (Å²) in [5.74, 6) is 0.325. The van der Waals surface area contributed by atoms with Crippen LogP contribution in [-0.4, -0.2) is 7.32 Å². The zero-order chi connectivity index (χ0) is 8.27. The smallest absolute Gasteiger partial charge is 0.860 e. The van der Waals surface area contributed by atoms with Crippen LogP contribution in [0.15, 0.2) is 24.3 Å². The van der Waals surface area contributed by atoms with Gasteiger partial charge in [-0.2, -0.15) is 0 Å². The van der Waals surface area contributed by atoms with Crippen LogP contribution in [0.5, 0.6) is 5.75 Å². The number of hydrogen-bond acceptors (Lipinski definition) is 3. The van der Waals surface area contributed by atoms with E-state index < -0.39 is 7.32 Å². The van der Waals surface area contributed by atoms with Crippen molar-refractivity contribution >= 4 is 7.32 Å². The van der Waals surface area contributed by atoms with Crippen molar-refractivity contribution in [1.82, 2.24) is 0 Å². The molecular weight excluding hydrogens is 221 g/mol. The molecule has 0 saturated heterocycles. The number of aryl methyl sites for hydroxylation is 1. The fraction of sp³-hybridized carbons (Fsp3) is 0.143. The fourth-order valence-corrected chi connectivity index (χ4v) is 0.728. The van der Waals surface area contributed by atoms with Crippen LogP contribution >= 0.6 is 0 Å². The molecule has 0 aromatic heterocycles. The van der Waals surface area contributed by atoms with Gasteiger partial charge in [-0.1, -0.05) is 17.7 Å². The monoisotopic (exact) mass is 228 g/mol. The van der Waals surface area contributed by atoms with Gasteiger partial charge < -0.3 is 14.7 Å². The van der Waals surface area contributed by atoms with Crippen LogP contribution in [-0.2, 0) is 0 Å². The van der Waals surface area contributed by atoms with Crippen LogP contribution in [0.25, 0.3) is 0 Å². The minimum absolute atomic E-state index is 0. The molecule has 0 aliphatic carbocycles. The van der Waals surface area contributed by atoms with Crippen molar-refractivity contribution in [3.8, 4) is 5.75 Å². The molecule has 13 heavy (non-hydrogen) atoms. The summed E-state index contributed by atoms with van der Waals surface area (Å²) in [4.78, 5) is 0. The van der Waals surface area contributed by atoms with Crippen molar-refractivity contribution in [2.24, 2.45) is 0 Å². The molecular formula is C7H7BK2O3. The third kappa shape index (κ3) is 8.12. The van der Waals surface area contributed by atoms with Crippen molar-refractivity contribution in [2.45, 2.75) is 6.92 Å². The predicted octanol–water partition coefficient (Wildman–Crippen LogP) is -6.91. The van der Waals surface area contributed by atoms with E-state index >= 15 is 0 Å². The Balaban J connectivity index is 0. The standard InChI is InChI=1S/C7H7BO3.2K/c1-6-2-4-7(5-3-6)11-8(9)10;;/h2-5H,1H3;;/q-2;2*+1. The van der Waals surface area contributed by atoms with Crippen molar-refractivity contribution in [2.75, 3.05) is 0 Å². The van der Waals surface area contributed by atoms with Crippen molar-refractivity contribution in [3.63, 3.8) is 0 Å². The number of rotatable bonds is 2. The summed E-state index contributed by atoms with van der Waals surface area (Å²) in [6.45, 7) is 1.91. The number of hydrogen-bond donors (Lipinski definition) is 0. The second-order valence-corrected chi connectivity index (χ2v) is 2.22. The Morgan fingerprint density at radius 1 is 1.08 bits per heavy atom. The molecule has 0 fully saturated rings. The van der Waals surface area contributed by atoms with Gasteiger partial charge in [-0.25, -0.2) is 0 Å². The Morgan fingerprint density at radius 2 is 1.54 bits per heavy atom. The molecule has 0 spiro atoms. The third-order valence-corrected chi connectivity index (χ3v) is 1.25. The largest absolute Gasteiger partial charge is 1.00 e. The minimum atomic E-state index is -2.24. The molecule has 0 amide bonds. The van der Waals surface area contributed by atoms with Crippen LogP contribution < -0.4 is 117 Å². The molecule has 0 N–H and O–H groups in total. The van der Waals surface area contributed by atoms with Gasteiger partial charge >= 0.3 is 103 Å². The Kier molecular flexibility index (Phi) is 12.9. The van der Waals surface area contributed by atoms with E-state index in [0.717, 1.165) is 5.56 Å². The first-order valence-corrected chi connectivity index (χ1v) is 3.23. The normalized spacial score (nSPS) is 7.92. The van der Waals surface area contributed by atoms with Crippen LogP contribution in [0.1, 0.15) is 5.56 Å². The van der Waals surface area contributed by atoms with E-state index in [1.54, 1.807) is 24.3 Å². The molecule has 0 atom stereocenters. The van der Waals surface area contributed by atoms with Crippen molar-refractivity contribution in [3.05, 3.63) is 29.8 Å². The zero-order valence-electron chi connectivity index (χ0n) is 8.11. The van der Waals surface area contributed by atoms with Gasteiger partial charge in [-0.15, -0.1) is 0 Å². The topological polar surface area (TPSA) is 55.3 Å². The summed E-state index contributed by atoms with van der Waals surface area (Å²) < 4.78 is 4.36. The van der Waals surface area contributed by atoms with Crippen molar-refractivity contribution < 1.29 is 117 Å². The molecule has 3 nitrogen and oxygen atoms in total. The quantitative estimate of drug-likeness (QED) is 0.473. The summed E-state index contributed by atoms with van der Waals surface area (Å²) in [6.07, 6.45) is 0. The maximum absolute atomic E-state index is 10.0. The second-order valence-electron chi connectivity index (χ2n) is 2.22. The van der Waals surface area contributed by atoms with E-state index in [1.165, 1.54) is 0 Å². The summed E-state index contributed by atoms with van der Waals surface area (Å²) >= 11 is 0. The van der Waals surface area contributed by atoms with Gasteiger partial charge in [0.15, 0.2) is 0 Å². The summed E-state index contributed by atoms with van der Waals surface area (Å²) in [6, 6.07) is 6.74. The summed E-state index contributed by atoms with van der Waals surface area (Å²) in [5, 5.41) is 20.0. The van der Waals surface area contributed by atoms with Crippen molar-refractivity contribution in [1.29, 1.82) is 0 Å². The maximum Gasteiger partial charge on any atom is 1.00 e. The van der Waals surface area contributed by atoms with E-state index in [4.69, 9.17) is 0 Å². The Morgan fingerprint density at radius 3 is 1.92 bits per heavy atom. The molecule has 58 valence electrons. The van der Waals surface area contributed by atoms with Crippen LogP contribution in [0, 0.1) is 6.92 Å². The van der Waals surface area contributed by atoms with Crippen LogP contribution in [0.2, 0.25) is 0 Å². The maximum atomic E-state index is 10.0. The SMILES string of the molecule is Cc1ccc(OB([O-])[O-])cc1.[K+].[K+]. The van der Waals surface area contributed by atoms with E-state index in [9.17, 15) is 10.0 Å². The fourth-order valence-electron chi connectivity index (χ4n) is 0.728. The van der Waals surface area contributed by atoms with E-state index in [0.29, 0.717) is 5.75 Å². The minimum Gasteiger partial charge on any atom is -0.860 e. The van der Waals surface area contributed by atoms with Crippen LogP contribution in [0.4, 0.5) is 0 Å². The molecule has 0 heterocycles. The first kappa shape index (κ1) is 17.7.